The van der Waals surface area contributed by atoms with Crippen molar-refractivity contribution in [2.24, 2.45) is 5.92 Å². The van der Waals surface area contributed by atoms with Crippen LogP contribution in [0.3, 0.4) is 0 Å². The molecule has 164 valence electrons. The van der Waals surface area contributed by atoms with Gasteiger partial charge >= 0.3 is 6.03 Å². The fourth-order valence-electron chi connectivity index (χ4n) is 3.10. The van der Waals surface area contributed by atoms with E-state index in [0.717, 1.165) is 29.7 Å². The van der Waals surface area contributed by atoms with Crippen molar-refractivity contribution in [2.45, 2.75) is 53.1 Å². The van der Waals surface area contributed by atoms with Crippen molar-refractivity contribution in [1.29, 1.82) is 0 Å². The summed E-state index contributed by atoms with van der Waals surface area (Å²) < 4.78 is 0. The molecule has 0 aliphatic carbocycles. The van der Waals surface area contributed by atoms with E-state index in [1.807, 2.05) is 52.7 Å². The lowest BCUT2D eigenvalue weighted by Crippen LogP contribution is -2.48. The minimum Gasteiger partial charge on any atom is -0.338 e. The Morgan fingerprint density at radius 2 is 1.80 bits per heavy atom. The third-order valence-electron chi connectivity index (χ3n) is 5.14. The summed E-state index contributed by atoms with van der Waals surface area (Å²) in [7, 11) is 0. The van der Waals surface area contributed by atoms with Gasteiger partial charge in [0, 0.05) is 24.5 Å². The van der Waals surface area contributed by atoms with Gasteiger partial charge in [-0.05, 0) is 29.3 Å². The molecule has 0 saturated heterocycles. The zero-order valence-corrected chi connectivity index (χ0v) is 19.3. The van der Waals surface area contributed by atoms with Crippen LogP contribution in [-0.4, -0.2) is 41.4 Å². The summed E-state index contributed by atoms with van der Waals surface area (Å²) in [5.74, 6) is 0.316. The maximum Gasteiger partial charge on any atom is 0.317 e. The SMILES string of the molecule is CCCCNC(=O)N(CC(=O)N(Cc1ccccc1)Cc1cccs1)CC(C)CC. The number of benzene rings is 1. The number of rotatable bonds is 12. The first-order valence-corrected chi connectivity index (χ1v) is 11.8. The predicted octanol–water partition coefficient (Wildman–Crippen LogP) is 5.13. The zero-order chi connectivity index (χ0) is 21.8. The first-order chi connectivity index (χ1) is 14.5. The number of amides is 3. The van der Waals surface area contributed by atoms with Crippen LogP contribution in [0.2, 0.25) is 0 Å². The van der Waals surface area contributed by atoms with E-state index >= 15 is 0 Å². The highest BCUT2D eigenvalue weighted by atomic mass is 32.1. The largest absolute Gasteiger partial charge is 0.338 e. The first kappa shape index (κ1) is 23.9. The van der Waals surface area contributed by atoms with Crippen molar-refractivity contribution in [3.63, 3.8) is 0 Å². The van der Waals surface area contributed by atoms with E-state index in [1.54, 1.807) is 16.2 Å². The van der Waals surface area contributed by atoms with Gasteiger partial charge in [-0.1, -0.05) is 70.0 Å². The molecule has 0 aliphatic heterocycles. The van der Waals surface area contributed by atoms with Crippen LogP contribution in [-0.2, 0) is 17.9 Å². The van der Waals surface area contributed by atoms with Crippen molar-refractivity contribution < 1.29 is 9.59 Å². The number of carbonyl (C=O) groups is 2. The molecule has 1 aromatic heterocycles. The molecule has 0 aliphatic rings. The molecule has 3 amide bonds. The summed E-state index contributed by atoms with van der Waals surface area (Å²) in [5.41, 5.74) is 1.09. The van der Waals surface area contributed by atoms with E-state index in [9.17, 15) is 9.59 Å². The molecule has 2 aromatic rings. The van der Waals surface area contributed by atoms with Gasteiger partial charge in [0.25, 0.3) is 0 Å². The Morgan fingerprint density at radius 1 is 1.03 bits per heavy atom. The van der Waals surface area contributed by atoms with Crippen LogP contribution in [0.25, 0.3) is 0 Å². The van der Waals surface area contributed by atoms with Gasteiger partial charge in [0.2, 0.25) is 5.91 Å². The summed E-state index contributed by atoms with van der Waals surface area (Å²) in [6.07, 6.45) is 2.93. The molecule has 1 unspecified atom stereocenters. The average molecular weight is 430 g/mol. The predicted molar refractivity (Wildman–Crippen MR) is 124 cm³/mol. The molecule has 0 radical (unpaired) electrons. The monoisotopic (exact) mass is 429 g/mol. The van der Waals surface area contributed by atoms with Crippen molar-refractivity contribution in [3.8, 4) is 0 Å². The van der Waals surface area contributed by atoms with Crippen molar-refractivity contribution in [3.05, 3.63) is 58.3 Å². The average Bonchev–Trinajstić information content (AvgIpc) is 3.26. The van der Waals surface area contributed by atoms with Crippen LogP contribution in [0.15, 0.2) is 47.8 Å². The number of thiophene rings is 1. The summed E-state index contributed by atoms with van der Waals surface area (Å²) in [4.78, 5) is 30.7. The van der Waals surface area contributed by atoms with E-state index in [0.29, 0.717) is 32.1 Å². The molecular weight excluding hydrogens is 394 g/mol. The molecule has 30 heavy (non-hydrogen) atoms. The molecule has 1 atom stereocenters. The summed E-state index contributed by atoms with van der Waals surface area (Å²) in [6, 6.07) is 13.9. The molecule has 1 N–H and O–H groups in total. The molecule has 2 rings (SSSR count). The van der Waals surface area contributed by atoms with Crippen LogP contribution in [0, 0.1) is 5.92 Å². The Balaban J connectivity index is 2.11. The number of hydrogen-bond acceptors (Lipinski definition) is 3. The van der Waals surface area contributed by atoms with E-state index in [1.165, 1.54) is 0 Å². The number of urea groups is 1. The smallest absolute Gasteiger partial charge is 0.317 e. The van der Waals surface area contributed by atoms with E-state index in [-0.39, 0.29) is 18.5 Å². The Hall–Kier alpha value is -2.34. The minimum atomic E-state index is -0.145. The molecule has 1 aromatic carbocycles. The number of carbonyl (C=O) groups excluding carboxylic acids is 2. The molecular formula is C24H35N3O2S. The molecule has 5 nitrogen and oxygen atoms in total. The number of unbranched alkanes of at least 4 members (excludes halogenated alkanes) is 1. The van der Waals surface area contributed by atoms with E-state index < -0.39 is 0 Å². The molecule has 0 saturated carbocycles. The van der Waals surface area contributed by atoms with Crippen molar-refractivity contribution in [2.75, 3.05) is 19.6 Å². The molecule has 1 heterocycles. The Kier molecular flexibility index (Phi) is 10.4. The summed E-state index contributed by atoms with van der Waals surface area (Å²) in [6.45, 7) is 8.73. The normalized spacial score (nSPS) is 11.7. The third kappa shape index (κ3) is 8.19. The maximum absolute atomic E-state index is 13.3. The van der Waals surface area contributed by atoms with Crippen LogP contribution in [0.4, 0.5) is 4.79 Å². The van der Waals surface area contributed by atoms with Gasteiger partial charge in [0.05, 0.1) is 6.54 Å². The Bertz CT molecular complexity index is 749. The van der Waals surface area contributed by atoms with Crippen LogP contribution in [0.1, 0.15) is 50.5 Å². The highest BCUT2D eigenvalue weighted by Crippen LogP contribution is 2.16. The summed E-state index contributed by atoms with van der Waals surface area (Å²) in [5, 5.41) is 5.00. The van der Waals surface area contributed by atoms with Crippen LogP contribution in [0.5, 0.6) is 0 Å². The number of nitrogens with zero attached hydrogens (tertiary/aromatic N) is 2. The second kappa shape index (κ2) is 13.1. The van der Waals surface area contributed by atoms with Crippen molar-refractivity contribution >= 4 is 23.3 Å². The maximum atomic E-state index is 13.3. The van der Waals surface area contributed by atoms with Crippen molar-refractivity contribution in [1.82, 2.24) is 15.1 Å². The van der Waals surface area contributed by atoms with Gasteiger partial charge in [-0.15, -0.1) is 11.3 Å². The first-order valence-electron chi connectivity index (χ1n) is 10.9. The highest BCUT2D eigenvalue weighted by molar-refractivity contribution is 7.09. The van der Waals surface area contributed by atoms with Crippen LogP contribution < -0.4 is 5.32 Å². The van der Waals surface area contributed by atoms with Gasteiger partial charge in [0.15, 0.2) is 0 Å². The Morgan fingerprint density at radius 3 is 2.43 bits per heavy atom. The fourth-order valence-corrected chi connectivity index (χ4v) is 3.82. The zero-order valence-electron chi connectivity index (χ0n) is 18.5. The molecule has 0 fully saturated rings. The quantitative estimate of drug-likeness (QED) is 0.475. The van der Waals surface area contributed by atoms with Gasteiger partial charge in [-0.25, -0.2) is 4.79 Å². The van der Waals surface area contributed by atoms with E-state index in [2.05, 4.69) is 26.1 Å². The third-order valence-corrected chi connectivity index (χ3v) is 6.01. The minimum absolute atomic E-state index is 0.0267. The van der Waals surface area contributed by atoms with Gasteiger partial charge in [-0.3, -0.25) is 4.79 Å². The topological polar surface area (TPSA) is 52.7 Å². The second-order valence-corrected chi connectivity index (χ2v) is 8.83. The standard InChI is InChI=1S/C24H35N3O2S/c1-4-6-14-25-24(29)27(16-20(3)5-2)19-23(28)26(18-22-13-10-15-30-22)17-21-11-8-7-9-12-21/h7-13,15,20H,4-6,14,16-19H2,1-3H3,(H,25,29). The lowest BCUT2D eigenvalue weighted by molar-refractivity contribution is -0.133. The molecule has 6 heteroatoms. The highest BCUT2D eigenvalue weighted by Gasteiger charge is 2.23. The van der Waals surface area contributed by atoms with Gasteiger partial charge in [0.1, 0.15) is 6.54 Å². The van der Waals surface area contributed by atoms with E-state index in [4.69, 9.17) is 0 Å². The lowest BCUT2D eigenvalue weighted by Gasteiger charge is -2.29. The molecule has 0 bridgehead atoms. The fraction of sp³-hybridized carbons (Fsp3) is 0.500. The van der Waals surface area contributed by atoms with Gasteiger partial charge in [-0.2, -0.15) is 0 Å². The lowest BCUT2D eigenvalue weighted by atomic mass is 10.1. The number of hydrogen-bond donors (Lipinski definition) is 1. The number of nitrogens with one attached hydrogen (secondary N) is 1. The van der Waals surface area contributed by atoms with Crippen LogP contribution >= 0.6 is 11.3 Å². The second-order valence-electron chi connectivity index (χ2n) is 7.79. The van der Waals surface area contributed by atoms with Gasteiger partial charge < -0.3 is 15.1 Å². The summed E-state index contributed by atoms with van der Waals surface area (Å²) >= 11 is 1.65. The molecule has 0 spiro atoms. The Labute approximate surface area is 185 Å².